The van der Waals surface area contributed by atoms with Crippen molar-refractivity contribution in [3.63, 3.8) is 0 Å². The zero-order valence-corrected chi connectivity index (χ0v) is 13.0. The van der Waals surface area contributed by atoms with Crippen molar-refractivity contribution in [3.8, 4) is 0 Å². The van der Waals surface area contributed by atoms with Crippen LogP contribution in [-0.4, -0.2) is 43.0 Å². The second-order valence-electron chi connectivity index (χ2n) is 7.03. The van der Waals surface area contributed by atoms with Gasteiger partial charge in [-0.25, -0.2) is 4.79 Å². The third kappa shape index (κ3) is 4.63. The zero-order chi connectivity index (χ0) is 14.6. The van der Waals surface area contributed by atoms with E-state index in [9.17, 15) is 4.79 Å². The highest BCUT2D eigenvalue weighted by atomic mass is 16.6. The van der Waals surface area contributed by atoms with Crippen molar-refractivity contribution in [2.45, 2.75) is 70.1 Å². The Bertz CT molecular complexity index is 329. The van der Waals surface area contributed by atoms with Crippen LogP contribution in [0.25, 0.3) is 0 Å². The number of hydrogen-bond acceptors (Lipinski definition) is 4. The van der Waals surface area contributed by atoms with Gasteiger partial charge in [-0.2, -0.15) is 0 Å². The molecule has 1 saturated heterocycles. The molecular formula is C15H28N2O3. The van der Waals surface area contributed by atoms with Crippen LogP contribution in [0.1, 0.15) is 52.9 Å². The maximum atomic E-state index is 11.9. The van der Waals surface area contributed by atoms with Crippen LogP contribution < -0.4 is 10.6 Å². The smallest absolute Gasteiger partial charge is 0.408 e. The van der Waals surface area contributed by atoms with Gasteiger partial charge < -0.3 is 20.1 Å². The summed E-state index contributed by atoms with van der Waals surface area (Å²) >= 11 is 0. The summed E-state index contributed by atoms with van der Waals surface area (Å²) in [5.74, 6) is 0. The molecule has 0 aromatic carbocycles. The minimum Gasteiger partial charge on any atom is -0.444 e. The van der Waals surface area contributed by atoms with Crippen molar-refractivity contribution in [2.24, 2.45) is 0 Å². The number of ether oxygens (including phenoxy) is 2. The Labute approximate surface area is 121 Å². The molecule has 0 bridgehead atoms. The molecule has 0 aromatic rings. The Morgan fingerprint density at radius 2 is 2.10 bits per heavy atom. The Hall–Kier alpha value is -0.810. The van der Waals surface area contributed by atoms with Gasteiger partial charge in [0.05, 0.1) is 11.6 Å². The fourth-order valence-corrected chi connectivity index (χ4v) is 2.75. The van der Waals surface area contributed by atoms with E-state index < -0.39 is 5.60 Å². The monoisotopic (exact) mass is 284 g/mol. The number of amides is 1. The van der Waals surface area contributed by atoms with Crippen molar-refractivity contribution < 1.29 is 14.3 Å². The Kier molecular flexibility index (Phi) is 4.91. The molecule has 5 heteroatoms. The van der Waals surface area contributed by atoms with Gasteiger partial charge in [0, 0.05) is 19.7 Å². The molecular weight excluding hydrogens is 256 g/mol. The number of nitrogens with one attached hydrogen (secondary N) is 2. The maximum Gasteiger partial charge on any atom is 0.408 e. The summed E-state index contributed by atoms with van der Waals surface area (Å²) in [4.78, 5) is 11.9. The maximum absolute atomic E-state index is 11.9. The van der Waals surface area contributed by atoms with Crippen molar-refractivity contribution in [2.75, 3.05) is 19.7 Å². The van der Waals surface area contributed by atoms with Crippen molar-refractivity contribution in [1.82, 2.24) is 10.6 Å². The molecule has 116 valence electrons. The Morgan fingerprint density at radius 3 is 2.60 bits per heavy atom. The summed E-state index contributed by atoms with van der Waals surface area (Å²) in [6.45, 7) is 8.21. The third-order valence-electron chi connectivity index (χ3n) is 3.94. The van der Waals surface area contributed by atoms with Crippen LogP contribution in [0.15, 0.2) is 0 Å². The molecule has 0 spiro atoms. The quantitative estimate of drug-likeness (QED) is 0.812. The topological polar surface area (TPSA) is 59.6 Å². The first-order chi connectivity index (χ1) is 9.39. The van der Waals surface area contributed by atoms with E-state index in [1.165, 1.54) is 0 Å². The second-order valence-corrected chi connectivity index (χ2v) is 7.03. The number of rotatable bonds is 5. The highest BCUT2D eigenvalue weighted by Crippen LogP contribution is 2.31. The van der Waals surface area contributed by atoms with Gasteiger partial charge in [0.15, 0.2) is 0 Å². The molecule has 2 fully saturated rings. The second kappa shape index (κ2) is 6.31. The first-order valence-electron chi connectivity index (χ1n) is 7.72. The average Bonchev–Trinajstić information content (AvgIpc) is 2.75. The minimum absolute atomic E-state index is 0.124. The Morgan fingerprint density at radius 1 is 1.35 bits per heavy atom. The van der Waals surface area contributed by atoms with Gasteiger partial charge in [-0.05, 0) is 52.9 Å². The van der Waals surface area contributed by atoms with Gasteiger partial charge in [-0.1, -0.05) is 0 Å². The zero-order valence-electron chi connectivity index (χ0n) is 13.0. The molecule has 2 rings (SSSR count). The van der Waals surface area contributed by atoms with Gasteiger partial charge in [-0.3, -0.25) is 0 Å². The third-order valence-corrected chi connectivity index (χ3v) is 3.94. The fraction of sp³-hybridized carbons (Fsp3) is 0.933. The summed E-state index contributed by atoms with van der Waals surface area (Å²) in [7, 11) is 0. The lowest BCUT2D eigenvalue weighted by molar-refractivity contribution is 0.0375. The molecule has 0 aromatic heterocycles. The Balaban J connectivity index is 1.72. The summed E-state index contributed by atoms with van der Waals surface area (Å²) < 4.78 is 10.9. The summed E-state index contributed by atoms with van der Waals surface area (Å²) in [6, 6.07) is 0. The first-order valence-corrected chi connectivity index (χ1v) is 7.72. The highest BCUT2D eigenvalue weighted by Gasteiger charge is 2.39. The normalized spacial score (nSPS) is 25.1. The van der Waals surface area contributed by atoms with Crippen molar-refractivity contribution in [1.29, 1.82) is 0 Å². The molecule has 5 nitrogen and oxygen atoms in total. The summed E-state index contributed by atoms with van der Waals surface area (Å²) in [5.41, 5.74) is -0.568. The van der Waals surface area contributed by atoms with Crippen LogP contribution in [0.3, 0.4) is 0 Å². The van der Waals surface area contributed by atoms with E-state index in [0.717, 1.165) is 51.8 Å². The molecule has 2 N–H and O–H groups in total. The van der Waals surface area contributed by atoms with Crippen LogP contribution in [0.2, 0.25) is 0 Å². The lowest BCUT2D eigenvalue weighted by Crippen LogP contribution is -2.60. The van der Waals surface area contributed by atoms with Gasteiger partial charge in [0.2, 0.25) is 0 Å². The van der Waals surface area contributed by atoms with Gasteiger partial charge in [-0.15, -0.1) is 0 Å². The van der Waals surface area contributed by atoms with Gasteiger partial charge in [0.25, 0.3) is 0 Å². The van der Waals surface area contributed by atoms with E-state index in [1.807, 2.05) is 20.8 Å². The van der Waals surface area contributed by atoms with Crippen LogP contribution in [0, 0.1) is 0 Å². The van der Waals surface area contributed by atoms with E-state index in [0.29, 0.717) is 6.10 Å². The molecule has 1 saturated carbocycles. The molecule has 1 atom stereocenters. The summed E-state index contributed by atoms with van der Waals surface area (Å²) in [6.07, 6.45) is 5.53. The van der Waals surface area contributed by atoms with E-state index in [2.05, 4.69) is 10.6 Å². The van der Waals surface area contributed by atoms with Crippen LogP contribution in [0.5, 0.6) is 0 Å². The van der Waals surface area contributed by atoms with E-state index >= 15 is 0 Å². The average molecular weight is 284 g/mol. The number of hydrogen-bond donors (Lipinski definition) is 2. The van der Waals surface area contributed by atoms with Gasteiger partial charge in [0.1, 0.15) is 5.60 Å². The van der Waals surface area contributed by atoms with Crippen molar-refractivity contribution in [3.05, 3.63) is 0 Å². The SMILES string of the molecule is CC(C)(C)OC(=O)NC1(CNCC2CCCO2)CCC1. The summed E-state index contributed by atoms with van der Waals surface area (Å²) in [5, 5.41) is 6.49. The lowest BCUT2D eigenvalue weighted by atomic mass is 9.76. The number of carbonyl (C=O) groups is 1. The molecule has 2 aliphatic rings. The van der Waals surface area contributed by atoms with E-state index in [-0.39, 0.29) is 11.6 Å². The van der Waals surface area contributed by atoms with Gasteiger partial charge >= 0.3 is 6.09 Å². The van der Waals surface area contributed by atoms with Crippen LogP contribution in [0.4, 0.5) is 4.79 Å². The van der Waals surface area contributed by atoms with E-state index in [4.69, 9.17) is 9.47 Å². The standard InChI is InChI=1S/C15H28N2O3/c1-14(2,3)20-13(18)17-15(7-5-8-15)11-16-10-12-6-4-9-19-12/h12,16H,4-11H2,1-3H3,(H,17,18). The number of alkyl carbamates (subject to hydrolysis) is 1. The van der Waals surface area contributed by atoms with E-state index in [1.54, 1.807) is 0 Å². The molecule has 1 amide bonds. The molecule has 20 heavy (non-hydrogen) atoms. The molecule has 1 heterocycles. The predicted molar refractivity (Wildman–Crippen MR) is 77.8 cm³/mol. The highest BCUT2D eigenvalue weighted by molar-refractivity contribution is 5.69. The first kappa shape index (κ1) is 15.6. The lowest BCUT2D eigenvalue weighted by Gasteiger charge is -2.43. The predicted octanol–water partition coefficient (Wildman–Crippen LogP) is 2.20. The fourth-order valence-electron chi connectivity index (χ4n) is 2.75. The molecule has 1 aliphatic heterocycles. The molecule has 0 radical (unpaired) electrons. The van der Waals surface area contributed by atoms with Crippen LogP contribution in [-0.2, 0) is 9.47 Å². The number of carbonyl (C=O) groups excluding carboxylic acids is 1. The van der Waals surface area contributed by atoms with Crippen molar-refractivity contribution >= 4 is 6.09 Å². The molecule has 1 aliphatic carbocycles. The van der Waals surface area contributed by atoms with Crippen LogP contribution >= 0.6 is 0 Å². The largest absolute Gasteiger partial charge is 0.444 e. The molecule has 1 unspecified atom stereocenters. The minimum atomic E-state index is -0.444.